The van der Waals surface area contributed by atoms with E-state index in [1.165, 1.54) is 6.33 Å². The molecule has 33 heavy (non-hydrogen) atoms. The van der Waals surface area contributed by atoms with Gasteiger partial charge in [-0.1, -0.05) is 42.5 Å². The molecule has 0 amide bonds. The lowest BCUT2D eigenvalue weighted by Crippen LogP contribution is -2.39. The topological polar surface area (TPSA) is 128 Å². The summed E-state index contributed by atoms with van der Waals surface area (Å²) in [6.07, 6.45) is 5.64. The molecule has 2 heterocycles. The van der Waals surface area contributed by atoms with Gasteiger partial charge in [0.1, 0.15) is 30.1 Å². The van der Waals surface area contributed by atoms with Gasteiger partial charge in [-0.05, 0) is 42.0 Å². The van der Waals surface area contributed by atoms with Crippen molar-refractivity contribution in [2.45, 2.75) is 25.5 Å². The first kappa shape index (κ1) is 20.8. The van der Waals surface area contributed by atoms with E-state index in [-0.39, 0.29) is 5.96 Å². The highest BCUT2D eigenvalue weighted by Crippen LogP contribution is 2.42. The first-order valence-corrected chi connectivity index (χ1v) is 11.0. The van der Waals surface area contributed by atoms with Crippen LogP contribution < -0.4 is 21.5 Å². The molecule has 1 aliphatic rings. The molecule has 8 nitrogen and oxygen atoms in total. The average molecular weight is 442 g/mol. The number of anilines is 1. The van der Waals surface area contributed by atoms with Crippen LogP contribution in [0.25, 0.3) is 22.2 Å². The standard InChI is InChI=1S/C25H27N7O/c26-23-22-21(18-7-4-8-20(11-18)33-14-16-5-2-1-3-6-16)13-32(24(22)31-15-30-23)19-9-17(10-19)12-29-25(27)28/h1-8,11,13,15,17,19H,9-10,12,14H2,(H2,26,30,31)(H4,27,28,29). The molecule has 0 spiro atoms. The van der Waals surface area contributed by atoms with Crippen molar-refractivity contribution < 1.29 is 4.74 Å². The molecule has 1 aliphatic carbocycles. The van der Waals surface area contributed by atoms with Gasteiger partial charge in [-0.3, -0.25) is 5.41 Å². The maximum Gasteiger partial charge on any atom is 0.185 e. The first-order chi connectivity index (χ1) is 16.1. The molecule has 0 saturated heterocycles. The summed E-state index contributed by atoms with van der Waals surface area (Å²) in [5, 5.41) is 11.1. The average Bonchev–Trinajstić information content (AvgIpc) is 3.18. The van der Waals surface area contributed by atoms with E-state index in [1.54, 1.807) is 0 Å². The van der Waals surface area contributed by atoms with Gasteiger partial charge in [-0.15, -0.1) is 0 Å². The number of hydrogen-bond acceptors (Lipinski definition) is 5. The Morgan fingerprint density at radius 3 is 2.73 bits per heavy atom. The quantitative estimate of drug-likeness (QED) is 0.256. The number of benzene rings is 2. The molecular formula is C25H27N7O. The second-order valence-electron chi connectivity index (χ2n) is 8.50. The van der Waals surface area contributed by atoms with Crippen molar-refractivity contribution in [3.8, 4) is 16.9 Å². The summed E-state index contributed by atoms with van der Waals surface area (Å²) in [6.45, 7) is 1.23. The smallest absolute Gasteiger partial charge is 0.185 e. The van der Waals surface area contributed by atoms with E-state index in [1.807, 2.05) is 48.5 Å². The molecule has 0 atom stereocenters. The number of ether oxygens (including phenoxy) is 1. The number of guanidine groups is 1. The molecule has 4 aromatic rings. The Kier molecular flexibility index (Phi) is 5.56. The molecule has 6 N–H and O–H groups in total. The summed E-state index contributed by atoms with van der Waals surface area (Å²) in [4.78, 5) is 8.81. The van der Waals surface area contributed by atoms with Crippen LogP contribution >= 0.6 is 0 Å². The zero-order chi connectivity index (χ0) is 22.8. The number of rotatable bonds is 7. The summed E-state index contributed by atoms with van der Waals surface area (Å²) >= 11 is 0. The number of nitrogens with zero attached hydrogens (tertiary/aromatic N) is 3. The van der Waals surface area contributed by atoms with Crippen molar-refractivity contribution in [3.05, 3.63) is 72.7 Å². The number of nitrogens with one attached hydrogen (secondary N) is 2. The van der Waals surface area contributed by atoms with Gasteiger partial charge in [-0.25, -0.2) is 9.97 Å². The summed E-state index contributed by atoms with van der Waals surface area (Å²) in [7, 11) is 0. The van der Waals surface area contributed by atoms with E-state index in [9.17, 15) is 0 Å². The van der Waals surface area contributed by atoms with Crippen molar-refractivity contribution in [3.63, 3.8) is 0 Å². The molecule has 5 rings (SSSR count). The molecule has 0 unspecified atom stereocenters. The minimum Gasteiger partial charge on any atom is -0.489 e. The van der Waals surface area contributed by atoms with Gasteiger partial charge in [0.05, 0.1) is 5.39 Å². The number of hydrogen-bond donors (Lipinski definition) is 4. The second-order valence-corrected chi connectivity index (χ2v) is 8.50. The SMILES string of the molecule is N=C(N)NCC1CC(n2cc(-c3cccc(OCc4ccccc4)c3)c3c(N)ncnc32)C1. The van der Waals surface area contributed by atoms with E-state index in [2.05, 4.69) is 32.1 Å². The highest BCUT2D eigenvalue weighted by atomic mass is 16.5. The van der Waals surface area contributed by atoms with Crippen molar-refractivity contribution in [1.29, 1.82) is 5.41 Å². The molecule has 0 aliphatic heterocycles. The van der Waals surface area contributed by atoms with Crippen molar-refractivity contribution in [1.82, 2.24) is 19.9 Å². The van der Waals surface area contributed by atoms with Crippen molar-refractivity contribution in [2.24, 2.45) is 11.7 Å². The normalized spacial score (nSPS) is 17.5. The van der Waals surface area contributed by atoms with Crippen LogP contribution in [0.3, 0.4) is 0 Å². The van der Waals surface area contributed by atoms with Crippen LogP contribution in [0, 0.1) is 11.3 Å². The third kappa shape index (κ3) is 4.32. The van der Waals surface area contributed by atoms with Crippen LogP contribution in [0.4, 0.5) is 5.82 Å². The second kappa shape index (κ2) is 8.82. The molecule has 1 fully saturated rings. The molecule has 2 aromatic heterocycles. The van der Waals surface area contributed by atoms with Gasteiger partial charge in [0.15, 0.2) is 5.96 Å². The summed E-state index contributed by atoms with van der Waals surface area (Å²) < 4.78 is 8.25. The predicted octanol–water partition coefficient (Wildman–Crippen LogP) is 3.69. The number of aromatic nitrogens is 3. The monoisotopic (exact) mass is 441 g/mol. The fourth-order valence-electron chi connectivity index (χ4n) is 4.45. The van der Waals surface area contributed by atoms with Gasteiger partial charge >= 0.3 is 0 Å². The molecule has 2 aromatic carbocycles. The summed E-state index contributed by atoms with van der Waals surface area (Å²) in [5.41, 5.74) is 15.7. The maximum atomic E-state index is 7.35. The molecule has 8 heteroatoms. The first-order valence-electron chi connectivity index (χ1n) is 11.0. The van der Waals surface area contributed by atoms with Crippen molar-refractivity contribution >= 4 is 22.8 Å². The Morgan fingerprint density at radius 1 is 1.12 bits per heavy atom. The fourth-order valence-corrected chi connectivity index (χ4v) is 4.45. The largest absolute Gasteiger partial charge is 0.489 e. The number of nitrogen functional groups attached to an aromatic ring is 1. The zero-order valence-electron chi connectivity index (χ0n) is 18.2. The number of fused-ring (bicyclic) bond motifs is 1. The van der Waals surface area contributed by atoms with Gasteiger partial charge < -0.3 is 26.1 Å². The van der Waals surface area contributed by atoms with Crippen LogP contribution in [-0.2, 0) is 6.61 Å². The lowest BCUT2D eigenvalue weighted by atomic mass is 9.80. The Morgan fingerprint density at radius 2 is 1.94 bits per heavy atom. The molecule has 0 radical (unpaired) electrons. The highest BCUT2D eigenvalue weighted by Gasteiger charge is 2.32. The van der Waals surface area contributed by atoms with E-state index >= 15 is 0 Å². The minimum absolute atomic E-state index is 0.0158. The van der Waals surface area contributed by atoms with Gasteiger partial charge in [0.25, 0.3) is 0 Å². The molecular weight excluding hydrogens is 414 g/mol. The van der Waals surface area contributed by atoms with Gasteiger partial charge in [0.2, 0.25) is 0 Å². The van der Waals surface area contributed by atoms with Crippen LogP contribution in [0.5, 0.6) is 5.75 Å². The Bertz CT molecular complexity index is 1280. The lowest BCUT2D eigenvalue weighted by Gasteiger charge is -2.36. The van der Waals surface area contributed by atoms with Crippen molar-refractivity contribution in [2.75, 3.05) is 12.3 Å². The van der Waals surface area contributed by atoms with Crippen LogP contribution in [0.1, 0.15) is 24.4 Å². The van der Waals surface area contributed by atoms with E-state index in [4.69, 9.17) is 21.6 Å². The molecule has 1 saturated carbocycles. The Hall–Kier alpha value is -4.07. The maximum absolute atomic E-state index is 7.35. The van der Waals surface area contributed by atoms with E-state index in [0.717, 1.165) is 52.9 Å². The summed E-state index contributed by atoms with van der Waals surface area (Å²) in [6, 6.07) is 18.5. The highest BCUT2D eigenvalue weighted by molar-refractivity contribution is 6.00. The third-order valence-corrected chi connectivity index (χ3v) is 6.22. The van der Waals surface area contributed by atoms with E-state index < -0.39 is 0 Å². The Labute approximate surface area is 192 Å². The van der Waals surface area contributed by atoms with Gasteiger partial charge in [-0.2, -0.15) is 0 Å². The predicted molar refractivity (Wildman–Crippen MR) is 130 cm³/mol. The molecule has 168 valence electrons. The third-order valence-electron chi connectivity index (χ3n) is 6.22. The lowest BCUT2D eigenvalue weighted by molar-refractivity contribution is 0.203. The molecule has 0 bridgehead atoms. The summed E-state index contributed by atoms with van der Waals surface area (Å²) in [5.74, 6) is 1.76. The van der Waals surface area contributed by atoms with E-state index in [0.29, 0.717) is 24.4 Å². The minimum atomic E-state index is 0.0158. The number of nitrogens with two attached hydrogens (primary N) is 2. The zero-order valence-corrected chi connectivity index (χ0v) is 18.2. The van der Waals surface area contributed by atoms with Gasteiger partial charge in [0, 0.05) is 24.3 Å². The Balaban J connectivity index is 1.41. The van der Waals surface area contributed by atoms with Crippen LogP contribution in [-0.4, -0.2) is 27.0 Å². The fraction of sp³-hybridized carbons (Fsp3) is 0.240. The van der Waals surface area contributed by atoms with Crippen LogP contribution in [0.15, 0.2) is 67.1 Å². The van der Waals surface area contributed by atoms with Crippen LogP contribution in [0.2, 0.25) is 0 Å².